The van der Waals surface area contributed by atoms with Crippen molar-refractivity contribution in [3.63, 3.8) is 0 Å². The van der Waals surface area contributed by atoms with Crippen molar-refractivity contribution in [1.82, 2.24) is 5.32 Å². The topological polar surface area (TPSA) is 93.5 Å². The zero-order chi connectivity index (χ0) is 18.1. The zero-order valence-electron chi connectivity index (χ0n) is 14.0. The van der Waals surface area contributed by atoms with Crippen molar-refractivity contribution < 1.29 is 14.5 Å². The highest BCUT2D eigenvalue weighted by Gasteiger charge is 2.07. The summed E-state index contributed by atoms with van der Waals surface area (Å²) in [6.07, 6.45) is 0.589. The molecule has 132 valence electrons. The summed E-state index contributed by atoms with van der Waals surface area (Å²) in [5.74, 6) is 0. The molecule has 7 nitrogen and oxygen atoms in total. The molecule has 0 saturated carbocycles. The summed E-state index contributed by atoms with van der Waals surface area (Å²) in [7, 11) is 0. The fourth-order valence-corrected chi connectivity index (χ4v) is 2.25. The maximum Gasteiger partial charge on any atom is 0.319 e. The first kappa shape index (κ1) is 18.4. The molecule has 0 aromatic heterocycles. The van der Waals surface area contributed by atoms with Crippen molar-refractivity contribution in [3.8, 4) is 0 Å². The molecule has 0 unspecified atom stereocenters. The fraction of sp³-hybridized carbons (Fsp3) is 0.278. The summed E-state index contributed by atoms with van der Waals surface area (Å²) >= 11 is 0. The maximum absolute atomic E-state index is 12.0. The second-order valence-corrected chi connectivity index (χ2v) is 5.35. The van der Waals surface area contributed by atoms with Gasteiger partial charge in [0.05, 0.1) is 11.5 Å². The summed E-state index contributed by atoms with van der Waals surface area (Å²) < 4.78 is 5.39. The van der Waals surface area contributed by atoms with E-state index in [0.717, 1.165) is 11.1 Å². The number of hydrogen-bond donors (Lipinski definition) is 2. The zero-order valence-corrected chi connectivity index (χ0v) is 14.0. The minimum atomic E-state index is -0.435. The molecule has 0 radical (unpaired) electrons. The van der Waals surface area contributed by atoms with Crippen LogP contribution in [0.2, 0.25) is 0 Å². The summed E-state index contributed by atoms with van der Waals surface area (Å²) in [5.41, 5.74) is 2.60. The van der Waals surface area contributed by atoms with Crippen LogP contribution in [0.25, 0.3) is 0 Å². The lowest BCUT2D eigenvalue weighted by Gasteiger charge is -2.12. The van der Waals surface area contributed by atoms with Crippen molar-refractivity contribution in [2.24, 2.45) is 0 Å². The molecule has 0 saturated heterocycles. The Morgan fingerprint density at radius 1 is 1.16 bits per heavy atom. The molecular weight excluding hydrogens is 322 g/mol. The number of benzene rings is 2. The number of amides is 2. The van der Waals surface area contributed by atoms with Crippen LogP contribution in [0.3, 0.4) is 0 Å². The third-order valence-electron chi connectivity index (χ3n) is 3.57. The van der Waals surface area contributed by atoms with Gasteiger partial charge in [-0.05, 0) is 25.0 Å². The molecular formula is C18H21N3O4. The molecule has 7 heteroatoms. The highest BCUT2D eigenvalue weighted by atomic mass is 16.6. The van der Waals surface area contributed by atoms with Crippen LogP contribution in [0.4, 0.5) is 16.2 Å². The molecule has 0 bridgehead atoms. The number of non-ortho nitro benzene ring substituents is 1. The smallest absolute Gasteiger partial charge is 0.319 e. The lowest BCUT2D eigenvalue weighted by Crippen LogP contribution is -2.30. The molecule has 2 aromatic carbocycles. The van der Waals surface area contributed by atoms with Gasteiger partial charge in [-0.2, -0.15) is 0 Å². The first-order valence-electron chi connectivity index (χ1n) is 8.04. The second-order valence-electron chi connectivity index (χ2n) is 5.35. The second kappa shape index (κ2) is 9.39. The van der Waals surface area contributed by atoms with Gasteiger partial charge >= 0.3 is 6.03 Å². The monoisotopic (exact) mass is 343 g/mol. The number of hydrogen-bond acceptors (Lipinski definition) is 4. The van der Waals surface area contributed by atoms with Crippen LogP contribution in [0.5, 0.6) is 0 Å². The molecule has 2 amide bonds. The fourth-order valence-electron chi connectivity index (χ4n) is 2.25. The van der Waals surface area contributed by atoms with Crippen molar-refractivity contribution in [2.75, 3.05) is 18.5 Å². The van der Waals surface area contributed by atoms with Crippen molar-refractivity contribution in [3.05, 3.63) is 69.8 Å². The quantitative estimate of drug-likeness (QED) is 0.567. The van der Waals surface area contributed by atoms with E-state index in [-0.39, 0.29) is 11.7 Å². The summed E-state index contributed by atoms with van der Waals surface area (Å²) in [6.45, 7) is 3.39. The number of urea groups is 1. The number of rotatable bonds is 8. The van der Waals surface area contributed by atoms with Crippen LogP contribution < -0.4 is 10.6 Å². The predicted molar refractivity (Wildman–Crippen MR) is 95.6 cm³/mol. The van der Waals surface area contributed by atoms with Gasteiger partial charge in [-0.1, -0.05) is 30.3 Å². The molecule has 2 rings (SSSR count). The minimum absolute atomic E-state index is 0.0559. The normalized spacial score (nSPS) is 10.3. The molecule has 0 fully saturated rings. The molecule has 0 atom stereocenters. The van der Waals surface area contributed by atoms with E-state index in [1.165, 1.54) is 12.1 Å². The SMILES string of the molecule is CCOCc1ccccc1NC(=O)NCCc1ccc([N+](=O)[O-])cc1. The van der Waals surface area contributed by atoms with Gasteiger partial charge in [0, 0.05) is 36.5 Å². The summed E-state index contributed by atoms with van der Waals surface area (Å²) in [5, 5.41) is 16.2. The lowest BCUT2D eigenvalue weighted by molar-refractivity contribution is -0.384. The van der Waals surface area contributed by atoms with Crippen molar-refractivity contribution >= 4 is 17.4 Å². The van der Waals surface area contributed by atoms with E-state index in [0.29, 0.717) is 31.9 Å². The number of nitrogens with one attached hydrogen (secondary N) is 2. The van der Waals surface area contributed by atoms with Crippen LogP contribution >= 0.6 is 0 Å². The van der Waals surface area contributed by atoms with E-state index in [9.17, 15) is 14.9 Å². The van der Waals surface area contributed by atoms with Gasteiger partial charge < -0.3 is 15.4 Å². The first-order chi connectivity index (χ1) is 12.1. The van der Waals surface area contributed by atoms with Crippen LogP contribution in [0, 0.1) is 10.1 Å². The summed E-state index contributed by atoms with van der Waals surface area (Å²) in [6, 6.07) is 13.5. The summed E-state index contributed by atoms with van der Waals surface area (Å²) in [4.78, 5) is 22.2. The number of para-hydroxylation sites is 1. The molecule has 0 aliphatic rings. The predicted octanol–water partition coefficient (Wildman–Crippen LogP) is 3.50. The van der Waals surface area contributed by atoms with Gasteiger partial charge in [-0.25, -0.2) is 4.79 Å². The van der Waals surface area contributed by atoms with E-state index in [2.05, 4.69) is 10.6 Å². The highest BCUT2D eigenvalue weighted by molar-refractivity contribution is 5.90. The Morgan fingerprint density at radius 3 is 2.56 bits per heavy atom. The van der Waals surface area contributed by atoms with E-state index >= 15 is 0 Å². The number of nitro groups is 1. The van der Waals surface area contributed by atoms with Gasteiger partial charge in [0.15, 0.2) is 0 Å². The number of carbonyl (C=O) groups excluding carboxylic acids is 1. The largest absolute Gasteiger partial charge is 0.377 e. The van der Waals surface area contributed by atoms with E-state index in [1.807, 2.05) is 31.2 Å². The Bertz CT molecular complexity index is 717. The molecule has 2 N–H and O–H groups in total. The van der Waals surface area contributed by atoms with Gasteiger partial charge in [0.2, 0.25) is 0 Å². The number of nitro benzene ring substituents is 1. The average Bonchev–Trinajstić information content (AvgIpc) is 2.61. The van der Waals surface area contributed by atoms with E-state index in [4.69, 9.17) is 4.74 Å². The molecule has 25 heavy (non-hydrogen) atoms. The van der Waals surface area contributed by atoms with Crippen LogP contribution in [0.15, 0.2) is 48.5 Å². The van der Waals surface area contributed by atoms with Gasteiger partial charge in [0.25, 0.3) is 5.69 Å². The van der Waals surface area contributed by atoms with Gasteiger partial charge in [-0.15, -0.1) is 0 Å². The van der Waals surface area contributed by atoms with Crippen LogP contribution in [0.1, 0.15) is 18.1 Å². The third-order valence-corrected chi connectivity index (χ3v) is 3.57. The third kappa shape index (κ3) is 5.89. The van der Waals surface area contributed by atoms with Crippen LogP contribution in [-0.4, -0.2) is 24.1 Å². The number of carbonyl (C=O) groups is 1. The molecule has 0 spiro atoms. The Hall–Kier alpha value is -2.93. The standard InChI is InChI=1S/C18H21N3O4/c1-2-25-13-15-5-3-4-6-17(15)20-18(22)19-12-11-14-7-9-16(10-8-14)21(23)24/h3-10H,2,11-13H2,1H3,(H2,19,20,22). The lowest BCUT2D eigenvalue weighted by atomic mass is 10.1. The Balaban J connectivity index is 1.82. The van der Waals surface area contributed by atoms with Gasteiger partial charge in [0.1, 0.15) is 0 Å². The van der Waals surface area contributed by atoms with Crippen molar-refractivity contribution in [2.45, 2.75) is 20.0 Å². The highest BCUT2D eigenvalue weighted by Crippen LogP contribution is 2.16. The molecule has 2 aromatic rings. The molecule has 0 aliphatic heterocycles. The average molecular weight is 343 g/mol. The minimum Gasteiger partial charge on any atom is -0.377 e. The first-order valence-corrected chi connectivity index (χ1v) is 8.04. The van der Waals surface area contributed by atoms with Gasteiger partial charge in [-0.3, -0.25) is 10.1 Å². The Labute approximate surface area is 146 Å². The molecule has 0 aliphatic carbocycles. The Morgan fingerprint density at radius 2 is 1.88 bits per heavy atom. The van der Waals surface area contributed by atoms with Crippen LogP contribution in [-0.2, 0) is 17.8 Å². The van der Waals surface area contributed by atoms with E-state index < -0.39 is 4.92 Å². The molecule has 0 heterocycles. The van der Waals surface area contributed by atoms with E-state index in [1.54, 1.807) is 12.1 Å². The maximum atomic E-state index is 12.0. The van der Waals surface area contributed by atoms with Crippen molar-refractivity contribution in [1.29, 1.82) is 0 Å². The Kier molecular flexibility index (Phi) is 6.91. The number of anilines is 1. The number of nitrogens with zero attached hydrogens (tertiary/aromatic N) is 1. The number of ether oxygens (including phenoxy) is 1.